The molecule has 136 valence electrons. The van der Waals surface area contributed by atoms with Crippen LogP contribution in [0.3, 0.4) is 0 Å². The molecule has 0 radical (unpaired) electrons. The fourth-order valence-corrected chi connectivity index (χ4v) is 4.37. The number of amides is 1. The molecule has 1 amide bonds. The van der Waals surface area contributed by atoms with Crippen molar-refractivity contribution in [2.24, 2.45) is 0 Å². The van der Waals surface area contributed by atoms with Crippen LogP contribution >= 0.6 is 15.9 Å². The van der Waals surface area contributed by atoms with Crippen LogP contribution in [0.4, 0.5) is 4.79 Å². The average Bonchev–Trinajstić information content (AvgIpc) is 2.91. The minimum absolute atomic E-state index is 0.124. The first-order valence-electron chi connectivity index (χ1n) is 9.28. The third-order valence-corrected chi connectivity index (χ3v) is 5.48. The molecule has 25 heavy (non-hydrogen) atoms. The van der Waals surface area contributed by atoms with Crippen LogP contribution in [0.1, 0.15) is 63.7 Å². The molecule has 0 saturated heterocycles. The second-order valence-corrected chi connectivity index (χ2v) is 8.84. The quantitative estimate of drug-likeness (QED) is 0.740. The number of hydrogen-bond donors (Lipinski definition) is 1. The van der Waals surface area contributed by atoms with Crippen LogP contribution in [0.25, 0.3) is 0 Å². The molecule has 1 aromatic rings. The Hall–Kier alpha value is -1.01. The van der Waals surface area contributed by atoms with Gasteiger partial charge in [0.2, 0.25) is 0 Å². The summed E-state index contributed by atoms with van der Waals surface area (Å²) in [5, 5.41) is 2.87. The lowest BCUT2D eigenvalue weighted by atomic mass is 9.56. The van der Waals surface area contributed by atoms with Crippen LogP contribution in [0, 0.1) is 0 Å². The molecular formula is C19H27BBrNO3. The number of ether oxygens (including phenoxy) is 1. The second kappa shape index (κ2) is 7.71. The fourth-order valence-electron chi connectivity index (χ4n) is 3.77. The van der Waals surface area contributed by atoms with Gasteiger partial charge in [0.05, 0.1) is 6.10 Å². The van der Waals surface area contributed by atoms with E-state index in [1.807, 2.05) is 20.8 Å². The number of carbonyl (C=O) groups excluding carboxylic acids is 1. The van der Waals surface area contributed by atoms with Crippen LogP contribution < -0.4 is 10.8 Å². The van der Waals surface area contributed by atoms with E-state index in [1.54, 1.807) is 0 Å². The molecule has 2 aliphatic rings. The Kier molecular flexibility index (Phi) is 5.79. The van der Waals surface area contributed by atoms with Gasteiger partial charge in [-0.2, -0.15) is 0 Å². The van der Waals surface area contributed by atoms with E-state index >= 15 is 0 Å². The van der Waals surface area contributed by atoms with E-state index in [1.165, 1.54) is 42.3 Å². The zero-order chi connectivity index (χ0) is 18.0. The third kappa shape index (κ3) is 4.59. The van der Waals surface area contributed by atoms with E-state index in [-0.39, 0.29) is 13.0 Å². The monoisotopic (exact) mass is 407 g/mol. The standard InChI is InChI=1S/C19H27BBrNO3/c1-19(2,3)24-18(23)22-12-15-16-14(21)10-9-13-8-6-4-5-7-11-20(25-15)17(13)16/h9-10,15H,4-8,11-12H2,1-3H3,(H,22,23)/t15-/m1/s1. The lowest BCUT2D eigenvalue weighted by molar-refractivity contribution is 0.0503. The molecule has 3 rings (SSSR count). The molecule has 0 bridgehead atoms. The van der Waals surface area contributed by atoms with Crippen LogP contribution in [-0.2, 0) is 15.8 Å². The number of nitrogens with one attached hydrogen (secondary N) is 1. The number of carbonyl (C=O) groups is 1. The predicted molar refractivity (Wildman–Crippen MR) is 105 cm³/mol. The van der Waals surface area contributed by atoms with Gasteiger partial charge in [-0.15, -0.1) is 0 Å². The molecule has 0 spiro atoms. The summed E-state index contributed by atoms with van der Waals surface area (Å²) >= 11 is 3.70. The minimum atomic E-state index is -0.494. The molecule has 1 N–H and O–H groups in total. The van der Waals surface area contributed by atoms with Gasteiger partial charge in [-0.25, -0.2) is 4.79 Å². The molecule has 0 aliphatic carbocycles. The van der Waals surface area contributed by atoms with Crippen molar-refractivity contribution in [3.8, 4) is 0 Å². The lowest BCUT2D eigenvalue weighted by Gasteiger charge is -2.21. The van der Waals surface area contributed by atoms with Crippen molar-refractivity contribution < 1.29 is 14.2 Å². The molecule has 4 nitrogen and oxygen atoms in total. The van der Waals surface area contributed by atoms with Crippen molar-refractivity contribution in [1.82, 2.24) is 5.32 Å². The molecule has 1 atom stereocenters. The summed E-state index contributed by atoms with van der Waals surface area (Å²) in [5.41, 5.74) is 3.48. The molecule has 0 unspecified atom stereocenters. The Labute approximate surface area is 159 Å². The largest absolute Gasteiger partial charge is 0.444 e. The molecule has 2 heterocycles. The average molecular weight is 408 g/mol. The number of alkyl carbamates (subject to hydrolysis) is 1. The highest BCUT2D eigenvalue weighted by Gasteiger charge is 2.38. The van der Waals surface area contributed by atoms with E-state index in [4.69, 9.17) is 9.39 Å². The summed E-state index contributed by atoms with van der Waals surface area (Å²) in [5.74, 6) is 0. The van der Waals surface area contributed by atoms with Gasteiger partial charge in [-0.3, -0.25) is 0 Å². The first-order valence-corrected chi connectivity index (χ1v) is 10.1. The van der Waals surface area contributed by atoms with E-state index in [2.05, 4.69) is 33.4 Å². The topological polar surface area (TPSA) is 47.6 Å². The molecule has 1 aromatic carbocycles. The highest BCUT2D eigenvalue weighted by Crippen LogP contribution is 2.34. The number of rotatable bonds is 2. The van der Waals surface area contributed by atoms with Crippen LogP contribution in [0.2, 0.25) is 6.32 Å². The zero-order valence-electron chi connectivity index (χ0n) is 15.4. The van der Waals surface area contributed by atoms with E-state index in [0.29, 0.717) is 6.54 Å². The van der Waals surface area contributed by atoms with Crippen LogP contribution in [0.15, 0.2) is 16.6 Å². The first kappa shape index (κ1) is 18.8. The van der Waals surface area contributed by atoms with Crippen molar-refractivity contribution in [3.05, 3.63) is 27.7 Å². The van der Waals surface area contributed by atoms with Crippen LogP contribution in [-0.4, -0.2) is 25.2 Å². The van der Waals surface area contributed by atoms with Crippen LogP contribution in [0.5, 0.6) is 0 Å². The fraction of sp³-hybridized carbons (Fsp3) is 0.632. The maximum absolute atomic E-state index is 12.0. The Balaban J connectivity index is 1.78. The summed E-state index contributed by atoms with van der Waals surface area (Å²) in [6, 6.07) is 4.35. The van der Waals surface area contributed by atoms with Crippen molar-refractivity contribution in [2.45, 2.75) is 70.9 Å². The van der Waals surface area contributed by atoms with E-state index < -0.39 is 11.7 Å². The highest BCUT2D eigenvalue weighted by atomic mass is 79.9. The summed E-state index contributed by atoms with van der Waals surface area (Å²) in [7, 11) is 0. The van der Waals surface area contributed by atoms with Gasteiger partial charge in [-0.1, -0.05) is 46.8 Å². The molecule has 0 fully saturated rings. The number of halogens is 1. The highest BCUT2D eigenvalue weighted by molar-refractivity contribution is 9.10. The minimum Gasteiger partial charge on any atom is -0.444 e. The predicted octanol–water partition coefficient (Wildman–Crippen LogP) is 4.36. The number of aryl methyl sites for hydroxylation is 1. The van der Waals surface area contributed by atoms with E-state index in [9.17, 15) is 4.79 Å². The zero-order valence-corrected chi connectivity index (χ0v) is 16.9. The van der Waals surface area contributed by atoms with Crippen molar-refractivity contribution in [3.63, 3.8) is 0 Å². The van der Waals surface area contributed by atoms with Crippen molar-refractivity contribution in [1.29, 1.82) is 0 Å². The maximum atomic E-state index is 12.0. The van der Waals surface area contributed by atoms with Gasteiger partial charge in [0.15, 0.2) is 0 Å². The molecule has 0 saturated carbocycles. The van der Waals surface area contributed by atoms with Crippen molar-refractivity contribution >= 4 is 34.4 Å². The van der Waals surface area contributed by atoms with Gasteiger partial charge in [0.25, 0.3) is 0 Å². The Bertz CT molecular complexity index is 644. The number of hydrogen-bond acceptors (Lipinski definition) is 3. The molecule has 0 aromatic heterocycles. The first-order chi connectivity index (χ1) is 11.8. The SMILES string of the molecule is CC(C)(C)OC(=O)NC[C@H]1OB2CCCCCCc3ccc(Br)c1c32. The molecule has 6 heteroatoms. The third-order valence-electron chi connectivity index (χ3n) is 4.79. The summed E-state index contributed by atoms with van der Waals surface area (Å²) in [4.78, 5) is 12.0. The lowest BCUT2D eigenvalue weighted by Crippen LogP contribution is -2.35. The maximum Gasteiger partial charge on any atom is 0.407 e. The van der Waals surface area contributed by atoms with Gasteiger partial charge < -0.3 is 14.7 Å². The Morgan fingerprint density at radius 3 is 2.84 bits per heavy atom. The number of benzene rings is 1. The van der Waals surface area contributed by atoms with Gasteiger partial charge in [0.1, 0.15) is 5.60 Å². The molecule has 2 aliphatic heterocycles. The molecular weight excluding hydrogens is 381 g/mol. The second-order valence-electron chi connectivity index (χ2n) is 7.98. The van der Waals surface area contributed by atoms with Crippen molar-refractivity contribution in [2.75, 3.05) is 6.54 Å². The van der Waals surface area contributed by atoms with E-state index in [0.717, 1.165) is 17.2 Å². The Morgan fingerprint density at radius 1 is 1.32 bits per heavy atom. The Morgan fingerprint density at radius 2 is 2.08 bits per heavy atom. The van der Waals surface area contributed by atoms with Gasteiger partial charge in [-0.05, 0) is 57.0 Å². The smallest absolute Gasteiger partial charge is 0.407 e. The summed E-state index contributed by atoms with van der Waals surface area (Å²) in [6.45, 7) is 6.17. The van der Waals surface area contributed by atoms with Gasteiger partial charge >= 0.3 is 13.0 Å². The summed E-state index contributed by atoms with van der Waals surface area (Å²) < 4.78 is 12.8. The summed E-state index contributed by atoms with van der Waals surface area (Å²) in [6.07, 6.45) is 6.65. The van der Waals surface area contributed by atoms with Gasteiger partial charge in [0, 0.05) is 11.0 Å². The normalized spacial score (nSPS) is 20.3.